The van der Waals surface area contributed by atoms with Crippen LogP contribution in [0, 0.1) is 0 Å². The fourth-order valence-electron chi connectivity index (χ4n) is 1.61. The van der Waals surface area contributed by atoms with E-state index < -0.39 is 0 Å². The molecule has 1 aliphatic rings. The topological polar surface area (TPSA) is 60.2 Å². The molecular weight excluding hydrogens is 258 g/mol. The Morgan fingerprint density at radius 3 is 3.13 bits per heavy atom. The number of anilines is 2. The first-order chi connectivity index (χ1) is 7.25. The predicted molar refractivity (Wildman–Crippen MR) is 63.8 cm³/mol. The van der Waals surface area contributed by atoms with Gasteiger partial charge < -0.3 is 15.8 Å². The highest BCUT2D eigenvalue weighted by Crippen LogP contribution is 2.23. The predicted octanol–water partition coefficient (Wildman–Crippen LogP) is 2.02. The van der Waals surface area contributed by atoms with E-state index >= 15 is 0 Å². The van der Waals surface area contributed by atoms with Gasteiger partial charge in [-0.15, -0.1) is 0 Å². The summed E-state index contributed by atoms with van der Waals surface area (Å²) in [5.41, 5.74) is 6.28. The van der Waals surface area contributed by atoms with E-state index in [1.54, 1.807) is 6.20 Å². The van der Waals surface area contributed by atoms with Crippen LogP contribution in [0.4, 0.5) is 11.5 Å². The summed E-state index contributed by atoms with van der Waals surface area (Å²) < 4.78 is 6.28. The van der Waals surface area contributed by atoms with Gasteiger partial charge in [0.25, 0.3) is 0 Å². The smallest absolute Gasteiger partial charge is 0.140 e. The van der Waals surface area contributed by atoms with Gasteiger partial charge in [-0.1, -0.05) is 0 Å². The third kappa shape index (κ3) is 2.82. The highest BCUT2D eigenvalue weighted by molar-refractivity contribution is 9.10. The van der Waals surface area contributed by atoms with Crippen molar-refractivity contribution in [2.45, 2.75) is 18.9 Å². The molecule has 0 aromatic carbocycles. The van der Waals surface area contributed by atoms with Crippen LogP contribution in [0.25, 0.3) is 0 Å². The Kier molecular flexibility index (Phi) is 3.43. The summed E-state index contributed by atoms with van der Waals surface area (Å²) in [6, 6.07) is 2.20. The largest absolute Gasteiger partial charge is 0.397 e. The van der Waals surface area contributed by atoms with Crippen molar-refractivity contribution in [1.82, 2.24) is 4.98 Å². The summed E-state index contributed by atoms with van der Waals surface area (Å²) in [5, 5.41) is 3.34. The molecule has 1 fully saturated rings. The van der Waals surface area contributed by atoms with E-state index in [0.29, 0.717) is 11.7 Å². The van der Waals surface area contributed by atoms with Crippen molar-refractivity contribution in [3.63, 3.8) is 0 Å². The Balaban J connectivity index is 2.03. The van der Waals surface area contributed by atoms with Crippen molar-refractivity contribution in [3.8, 4) is 0 Å². The lowest BCUT2D eigenvalue weighted by molar-refractivity contribution is 0.0875. The summed E-state index contributed by atoms with van der Waals surface area (Å²) >= 11 is 3.43. The Hall–Kier alpha value is -0.810. The minimum absolute atomic E-state index is 0.353. The zero-order valence-corrected chi connectivity index (χ0v) is 9.96. The zero-order valence-electron chi connectivity index (χ0n) is 8.37. The average molecular weight is 272 g/mol. The molecule has 1 aromatic heterocycles. The van der Waals surface area contributed by atoms with Gasteiger partial charge >= 0.3 is 0 Å². The van der Waals surface area contributed by atoms with Gasteiger partial charge in [0.1, 0.15) is 5.82 Å². The third-order valence-corrected chi connectivity index (χ3v) is 2.97. The lowest BCUT2D eigenvalue weighted by atomic mass is 10.1. The first kappa shape index (κ1) is 10.7. The number of nitrogen functional groups attached to an aromatic ring is 1. The number of aromatic nitrogens is 1. The molecule has 0 radical (unpaired) electrons. The minimum atomic E-state index is 0.353. The second-order valence-corrected chi connectivity index (χ2v) is 4.51. The van der Waals surface area contributed by atoms with Crippen molar-refractivity contribution < 1.29 is 4.74 Å². The first-order valence-electron chi connectivity index (χ1n) is 5.01. The normalized spacial score (nSPS) is 21.3. The Morgan fingerprint density at radius 2 is 2.47 bits per heavy atom. The molecule has 0 spiro atoms. The molecule has 0 aliphatic carbocycles. The van der Waals surface area contributed by atoms with Crippen molar-refractivity contribution in [2.75, 3.05) is 24.3 Å². The SMILES string of the molecule is Nc1cnc(NC2CCCOC2)c(Br)c1. The molecule has 82 valence electrons. The maximum Gasteiger partial charge on any atom is 0.140 e. The van der Waals surface area contributed by atoms with Gasteiger partial charge in [0.05, 0.1) is 29.0 Å². The molecule has 3 N–H and O–H groups in total. The summed E-state index contributed by atoms with van der Waals surface area (Å²) in [7, 11) is 0. The molecule has 1 unspecified atom stereocenters. The Morgan fingerprint density at radius 1 is 1.60 bits per heavy atom. The molecule has 2 heterocycles. The number of nitrogens with zero attached hydrogens (tertiary/aromatic N) is 1. The molecule has 1 saturated heterocycles. The van der Waals surface area contributed by atoms with Crippen LogP contribution < -0.4 is 11.1 Å². The van der Waals surface area contributed by atoms with Crippen LogP contribution in [-0.4, -0.2) is 24.2 Å². The van der Waals surface area contributed by atoms with Crippen LogP contribution >= 0.6 is 15.9 Å². The van der Waals surface area contributed by atoms with E-state index in [1.807, 2.05) is 6.07 Å². The van der Waals surface area contributed by atoms with Crippen molar-refractivity contribution in [1.29, 1.82) is 0 Å². The lowest BCUT2D eigenvalue weighted by Crippen LogP contribution is -2.30. The van der Waals surface area contributed by atoms with E-state index in [2.05, 4.69) is 26.2 Å². The number of rotatable bonds is 2. The fraction of sp³-hybridized carbons (Fsp3) is 0.500. The van der Waals surface area contributed by atoms with E-state index in [0.717, 1.165) is 36.3 Å². The maximum atomic E-state index is 5.62. The molecule has 5 heteroatoms. The summed E-state index contributed by atoms with van der Waals surface area (Å²) in [4.78, 5) is 4.23. The molecule has 1 atom stereocenters. The summed E-state index contributed by atoms with van der Waals surface area (Å²) in [5.74, 6) is 0.833. The molecule has 15 heavy (non-hydrogen) atoms. The fourth-order valence-corrected chi connectivity index (χ4v) is 2.09. The number of pyridine rings is 1. The van der Waals surface area contributed by atoms with Gasteiger partial charge in [-0.25, -0.2) is 4.98 Å². The average Bonchev–Trinajstić information content (AvgIpc) is 2.24. The van der Waals surface area contributed by atoms with E-state index in [4.69, 9.17) is 10.5 Å². The van der Waals surface area contributed by atoms with Gasteiger partial charge in [0, 0.05) is 6.61 Å². The highest BCUT2D eigenvalue weighted by Gasteiger charge is 2.15. The van der Waals surface area contributed by atoms with Crippen molar-refractivity contribution in [2.24, 2.45) is 0 Å². The van der Waals surface area contributed by atoms with Crippen LogP contribution in [0.1, 0.15) is 12.8 Å². The number of hydrogen-bond donors (Lipinski definition) is 2. The first-order valence-corrected chi connectivity index (χ1v) is 5.80. The van der Waals surface area contributed by atoms with Crippen molar-refractivity contribution in [3.05, 3.63) is 16.7 Å². The number of nitrogens with one attached hydrogen (secondary N) is 1. The molecule has 4 nitrogen and oxygen atoms in total. The number of hydrogen-bond acceptors (Lipinski definition) is 4. The van der Waals surface area contributed by atoms with Crippen LogP contribution in [0.5, 0.6) is 0 Å². The lowest BCUT2D eigenvalue weighted by Gasteiger charge is -2.24. The Labute approximate surface area is 97.3 Å². The quantitative estimate of drug-likeness (QED) is 0.864. The number of ether oxygens (including phenoxy) is 1. The van der Waals surface area contributed by atoms with Crippen LogP contribution in [0.3, 0.4) is 0 Å². The van der Waals surface area contributed by atoms with E-state index in [1.165, 1.54) is 0 Å². The zero-order chi connectivity index (χ0) is 10.7. The molecular formula is C10H14BrN3O. The van der Waals surface area contributed by atoms with Gasteiger partial charge in [0.2, 0.25) is 0 Å². The molecule has 1 aromatic rings. The summed E-state index contributed by atoms with van der Waals surface area (Å²) in [6.45, 7) is 1.62. The van der Waals surface area contributed by atoms with Gasteiger partial charge in [-0.05, 0) is 34.8 Å². The van der Waals surface area contributed by atoms with Crippen LogP contribution in [0.15, 0.2) is 16.7 Å². The molecule has 0 saturated carbocycles. The van der Waals surface area contributed by atoms with E-state index in [9.17, 15) is 0 Å². The molecule has 1 aliphatic heterocycles. The third-order valence-electron chi connectivity index (χ3n) is 2.36. The molecule has 0 bridgehead atoms. The van der Waals surface area contributed by atoms with Crippen LogP contribution in [0.2, 0.25) is 0 Å². The summed E-state index contributed by atoms with van der Waals surface area (Å²) in [6.07, 6.45) is 3.87. The second kappa shape index (κ2) is 4.81. The van der Waals surface area contributed by atoms with Crippen molar-refractivity contribution >= 4 is 27.4 Å². The number of nitrogens with two attached hydrogens (primary N) is 1. The highest BCUT2D eigenvalue weighted by atomic mass is 79.9. The van der Waals surface area contributed by atoms with Crippen LogP contribution in [-0.2, 0) is 4.74 Å². The van der Waals surface area contributed by atoms with E-state index in [-0.39, 0.29) is 0 Å². The second-order valence-electron chi connectivity index (χ2n) is 3.66. The van der Waals surface area contributed by atoms with Gasteiger partial charge in [-0.2, -0.15) is 0 Å². The van der Waals surface area contributed by atoms with Gasteiger partial charge in [0.15, 0.2) is 0 Å². The molecule has 2 rings (SSSR count). The number of halogens is 1. The molecule has 0 amide bonds. The van der Waals surface area contributed by atoms with Gasteiger partial charge in [-0.3, -0.25) is 0 Å². The minimum Gasteiger partial charge on any atom is -0.397 e. The maximum absolute atomic E-state index is 5.62. The monoisotopic (exact) mass is 271 g/mol. The Bertz CT molecular complexity index is 339. The standard InChI is InChI=1S/C10H14BrN3O/c11-9-4-7(12)5-13-10(9)14-8-2-1-3-15-6-8/h4-5,8H,1-3,6,12H2,(H,13,14).